The Hall–Kier alpha value is -1.93. The van der Waals surface area contributed by atoms with E-state index in [-0.39, 0.29) is 5.78 Å². The van der Waals surface area contributed by atoms with Crippen LogP contribution < -0.4 is 0 Å². The summed E-state index contributed by atoms with van der Waals surface area (Å²) in [5.74, 6) is 0.0516. The zero-order chi connectivity index (χ0) is 14.2. The highest BCUT2D eigenvalue weighted by Gasteiger charge is 2.44. The lowest BCUT2D eigenvalue weighted by Gasteiger charge is -2.37. The third-order valence-corrected chi connectivity index (χ3v) is 4.41. The number of ketones is 1. The highest BCUT2D eigenvalue weighted by molar-refractivity contribution is 6.03. The van der Waals surface area contributed by atoms with Gasteiger partial charge in [0.15, 0.2) is 5.78 Å². The molecule has 3 rings (SSSR count). The van der Waals surface area contributed by atoms with E-state index in [0.717, 1.165) is 23.1 Å². The Labute approximate surface area is 119 Å². The van der Waals surface area contributed by atoms with E-state index >= 15 is 0 Å². The maximum Gasteiger partial charge on any atom is 0.171 e. The van der Waals surface area contributed by atoms with Gasteiger partial charge in [-0.05, 0) is 30.9 Å². The number of benzene rings is 2. The van der Waals surface area contributed by atoms with E-state index in [4.69, 9.17) is 0 Å². The molecule has 2 unspecified atom stereocenters. The molecule has 0 spiro atoms. The Bertz CT molecular complexity index is 633. The summed E-state index contributed by atoms with van der Waals surface area (Å²) in [5, 5.41) is 10.7. The second kappa shape index (κ2) is 4.88. The van der Waals surface area contributed by atoms with E-state index in [9.17, 15) is 9.90 Å². The Kier molecular flexibility index (Phi) is 3.19. The van der Waals surface area contributed by atoms with Crippen LogP contribution in [0.5, 0.6) is 0 Å². The molecule has 0 heterocycles. The summed E-state index contributed by atoms with van der Waals surface area (Å²) in [6.07, 6.45) is 0.755. The van der Waals surface area contributed by atoms with Crippen LogP contribution in [0, 0.1) is 5.41 Å². The standard InChI is InChI=1S/C18H18O2/c1-18(16(19)14-8-3-2-4-9-14)12-11-13-7-5-6-10-15(13)17(18)20/h2-10,16,19H,11-12H2,1H3. The number of carbonyl (C=O) groups excluding carboxylic acids is 1. The van der Waals surface area contributed by atoms with Crippen molar-refractivity contribution in [1.82, 2.24) is 0 Å². The topological polar surface area (TPSA) is 37.3 Å². The minimum Gasteiger partial charge on any atom is -0.387 e. The predicted molar refractivity (Wildman–Crippen MR) is 78.6 cm³/mol. The van der Waals surface area contributed by atoms with E-state index in [0.29, 0.717) is 6.42 Å². The van der Waals surface area contributed by atoms with Crippen molar-refractivity contribution in [3.63, 3.8) is 0 Å². The first-order valence-corrected chi connectivity index (χ1v) is 6.98. The molecule has 0 saturated carbocycles. The van der Waals surface area contributed by atoms with Gasteiger partial charge >= 0.3 is 0 Å². The van der Waals surface area contributed by atoms with E-state index in [1.165, 1.54) is 0 Å². The van der Waals surface area contributed by atoms with Gasteiger partial charge in [0.05, 0.1) is 11.5 Å². The van der Waals surface area contributed by atoms with Crippen molar-refractivity contribution in [2.75, 3.05) is 0 Å². The van der Waals surface area contributed by atoms with Crippen molar-refractivity contribution in [3.05, 3.63) is 71.3 Å². The summed E-state index contributed by atoms with van der Waals surface area (Å²) < 4.78 is 0. The molecule has 102 valence electrons. The normalized spacial score (nSPS) is 23.2. The molecule has 2 aromatic rings. The zero-order valence-electron chi connectivity index (χ0n) is 11.5. The molecule has 1 aliphatic carbocycles. The number of hydrogen-bond donors (Lipinski definition) is 1. The SMILES string of the molecule is CC1(C(O)c2ccccc2)CCc2ccccc2C1=O. The van der Waals surface area contributed by atoms with Crippen molar-refractivity contribution in [2.45, 2.75) is 25.9 Å². The van der Waals surface area contributed by atoms with Crippen LogP contribution in [-0.2, 0) is 6.42 Å². The number of carbonyl (C=O) groups is 1. The van der Waals surface area contributed by atoms with Gasteiger partial charge in [0, 0.05) is 5.56 Å². The number of Topliss-reactive ketones (excluding diaryl/α,β-unsaturated/α-hetero) is 1. The molecule has 20 heavy (non-hydrogen) atoms. The number of hydrogen-bond acceptors (Lipinski definition) is 2. The van der Waals surface area contributed by atoms with Crippen molar-refractivity contribution in [1.29, 1.82) is 0 Å². The van der Waals surface area contributed by atoms with Gasteiger partial charge in [0.25, 0.3) is 0 Å². The Morgan fingerprint density at radius 3 is 2.45 bits per heavy atom. The predicted octanol–water partition coefficient (Wildman–Crippen LogP) is 3.56. The molecule has 0 aromatic heterocycles. The molecule has 0 bridgehead atoms. The Morgan fingerprint density at radius 2 is 1.70 bits per heavy atom. The largest absolute Gasteiger partial charge is 0.387 e. The van der Waals surface area contributed by atoms with E-state index in [2.05, 4.69) is 0 Å². The first kappa shape index (κ1) is 13.1. The lowest BCUT2D eigenvalue weighted by Crippen LogP contribution is -2.38. The highest BCUT2D eigenvalue weighted by Crippen LogP contribution is 2.44. The molecule has 0 saturated heterocycles. The molecule has 0 aliphatic heterocycles. The Morgan fingerprint density at radius 1 is 1.05 bits per heavy atom. The summed E-state index contributed by atoms with van der Waals surface area (Å²) in [5.41, 5.74) is 1.92. The summed E-state index contributed by atoms with van der Waals surface area (Å²) in [4.78, 5) is 12.8. The van der Waals surface area contributed by atoms with E-state index < -0.39 is 11.5 Å². The number of fused-ring (bicyclic) bond motifs is 1. The Balaban J connectivity index is 2.00. The minimum atomic E-state index is -0.760. The molecule has 1 aliphatic rings. The molecule has 2 atom stereocenters. The molecule has 2 aromatic carbocycles. The monoisotopic (exact) mass is 266 g/mol. The van der Waals surface area contributed by atoms with Gasteiger partial charge < -0.3 is 5.11 Å². The quantitative estimate of drug-likeness (QED) is 0.902. The minimum absolute atomic E-state index is 0.0516. The summed E-state index contributed by atoms with van der Waals surface area (Å²) in [7, 11) is 0. The number of aliphatic hydroxyl groups is 1. The fraction of sp³-hybridized carbons (Fsp3) is 0.278. The average Bonchev–Trinajstić information content (AvgIpc) is 2.51. The van der Waals surface area contributed by atoms with Crippen LogP contribution in [0.2, 0.25) is 0 Å². The first-order chi connectivity index (χ1) is 9.63. The molecule has 1 N–H and O–H groups in total. The van der Waals surface area contributed by atoms with Crippen molar-refractivity contribution < 1.29 is 9.90 Å². The summed E-state index contributed by atoms with van der Waals surface area (Å²) >= 11 is 0. The number of rotatable bonds is 2. The molecule has 0 amide bonds. The third-order valence-electron chi connectivity index (χ3n) is 4.41. The molecule has 2 nitrogen and oxygen atoms in total. The zero-order valence-corrected chi connectivity index (χ0v) is 11.5. The maximum absolute atomic E-state index is 12.8. The highest BCUT2D eigenvalue weighted by atomic mass is 16.3. The fourth-order valence-corrected chi connectivity index (χ4v) is 3.04. The smallest absolute Gasteiger partial charge is 0.171 e. The molecular formula is C18H18O2. The molecule has 0 radical (unpaired) electrons. The van der Waals surface area contributed by atoms with Gasteiger partial charge in [0.2, 0.25) is 0 Å². The van der Waals surface area contributed by atoms with E-state index in [1.807, 2.05) is 61.5 Å². The van der Waals surface area contributed by atoms with Gasteiger partial charge in [-0.25, -0.2) is 0 Å². The van der Waals surface area contributed by atoms with Crippen LogP contribution in [0.1, 0.15) is 40.9 Å². The number of aliphatic hydroxyl groups excluding tert-OH is 1. The maximum atomic E-state index is 12.8. The lowest BCUT2D eigenvalue weighted by molar-refractivity contribution is 0.0248. The van der Waals surface area contributed by atoms with Crippen LogP contribution in [0.25, 0.3) is 0 Å². The van der Waals surface area contributed by atoms with Crippen LogP contribution in [0.4, 0.5) is 0 Å². The van der Waals surface area contributed by atoms with Crippen molar-refractivity contribution in [3.8, 4) is 0 Å². The first-order valence-electron chi connectivity index (χ1n) is 6.98. The van der Waals surface area contributed by atoms with Crippen molar-refractivity contribution in [2.24, 2.45) is 5.41 Å². The van der Waals surface area contributed by atoms with Gasteiger partial charge in [0.1, 0.15) is 0 Å². The summed E-state index contributed by atoms with van der Waals surface area (Å²) in [6, 6.07) is 17.2. The molecule has 0 fully saturated rings. The van der Waals surface area contributed by atoms with Gasteiger partial charge in [-0.2, -0.15) is 0 Å². The second-order valence-corrected chi connectivity index (χ2v) is 5.72. The van der Waals surface area contributed by atoms with Crippen LogP contribution >= 0.6 is 0 Å². The van der Waals surface area contributed by atoms with E-state index in [1.54, 1.807) is 0 Å². The average molecular weight is 266 g/mol. The fourth-order valence-electron chi connectivity index (χ4n) is 3.04. The van der Waals surface area contributed by atoms with Gasteiger partial charge in [-0.1, -0.05) is 54.6 Å². The van der Waals surface area contributed by atoms with Crippen LogP contribution in [0.15, 0.2) is 54.6 Å². The summed E-state index contributed by atoms with van der Waals surface area (Å²) in [6.45, 7) is 1.88. The second-order valence-electron chi connectivity index (χ2n) is 5.72. The molecular weight excluding hydrogens is 248 g/mol. The number of aryl methyl sites for hydroxylation is 1. The van der Waals surface area contributed by atoms with Crippen LogP contribution in [-0.4, -0.2) is 10.9 Å². The third kappa shape index (κ3) is 1.97. The van der Waals surface area contributed by atoms with Gasteiger partial charge in [-0.15, -0.1) is 0 Å². The van der Waals surface area contributed by atoms with Crippen LogP contribution in [0.3, 0.4) is 0 Å². The van der Waals surface area contributed by atoms with Crippen molar-refractivity contribution >= 4 is 5.78 Å². The molecule has 2 heteroatoms. The van der Waals surface area contributed by atoms with Gasteiger partial charge in [-0.3, -0.25) is 4.79 Å². The lowest BCUT2D eigenvalue weighted by atomic mass is 9.67.